The highest BCUT2D eigenvalue weighted by Crippen LogP contribution is 2.25. The topological polar surface area (TPSA) is 99.5 Å². The van der Waals surface area contributed by atoms with Crippen LogP contribution in [0.1, 0.15) is 19.3 Å². The van der Waals surface area contributed by atoms with Crippen LogP contribution in [0.5, 0.6) is 5.75 Å². The molecular weight excluding hydrogens is 406 g/mol. The number of carboxylic acids is 1. The largest absolute Gasteiger partial charge is 0.497 e. The number of carbonyl (C=O) groups is 1. The van der Waals surface area contributed by atoms with E-state index in [9.17, 15) is 18.3 Å². The molecule has 164 valence electrons. The van der Waals surface area contributed by atoms with E-state index in [4.69, 9.17) is 4.74 Å². The van der Waals surface area contributed by atoms with Crippen molar-refractivity contribution in [2.24, 2.45) is 4.99 Å². The first-order valence-electron chi connectivity index (χ1n) is 9.62. The fourth-order valence-corrected chi connectivity index (χ4v) is 4.77. The highest BCUT2D eigenvalue weighted by atomic mass is 32.2. The third kappa shape index (κ3) is 6.43. The van der Waals surface area contributed by atoms with Gasteiger partial charge in [0.1, 0.15) is 5.75 Å². The Morgan fingerprint density at radius 2 is 2.07 bits per heavy atom. The number of nitrogens with zero attached hydrogens (tertiary/aromatic N) is 3. The number of aliphatic imine (C=N–C) groups is 1. The minimum atomic E-state index is -3.59. The molecule has 1 aromatic rings. The van der Waals surface area contributed by atoms with Crippen LogP contribution in [0.25, 0.3) is 0 Å². The van der Waals surface area contributed by atoms with Gasteiger partial charge >= 0.3 is 5.97 Å². The number of likely N-dealkylation sites (N-methyl/N-ethyl adjacent to an activating group) is 1. The fraction of sp³-hybridized carbons (Fsp3) is 0.429. The van der Waals surface area contributed by atoms with Crippen molar-refractivity contribution in [3.05, 3.63) is 48.2 Å². The molecule has 9 heteroatoms. The summed E-state index contributed by atoms with van der Waals surface area (Å²) in [7, 11) is 1.46. The van der Waals surface area contributed by atoms with E-state index in [2.05, 4.69) is 4.99 Å². The maximum absolute atomic E-state index is 12.9. The van der Waals surface area contributed by atoms with E-state index < -0.39 is 16.0 Å². The molecule has 1 heterocycles. The first-order valence-corrected chi connectivity index (χ1v) is 11.1. The van der Waals surface area contributed by atoms with Gasteiger partial charge in [0.2, 0.25) is 10.0 Å². The number of hydrogen-bond acceptors (Lipinski definition) is 6. The minimum absolute atomic E-state index is 0.0250. The van der Waals surface area contributed by atoms with Crippen LogP contribution in [0, 0.1) is 0 Å². The van der Waals surface area contributed by atoms with Gasteiger partial charge in [-0.05, 0) is 55.0 Å². The lowest BCUT2D eigenvalue weighted by Crippen LogP contribution is -2.34. The van der Waals surface area contributed by atoms with Crippen LogP contribution in [0.15, 0.2) is 58.1 Å². The summed E-state index contributed by atoms with van der Waals surface area (Å²) in [6.45, 7) is 0.762. The molecule has 1 aliphatic rings. The predicted octanol–water partition coefficient (Wildman–Crippen LogP) is 2.40. The molecule has 0 unspecified atom stereocenters. The lowest BCUT2D eigenvalue weighted by atomic mass is 10.1. The average Bonchev–Trinajstić information content (AvgIpc) is 3.22. The Morgan fingerprint density at radius 3 is 2.67 bits per heavy atom. The van der Waals surface area contributed by atoms with E-state index in [0.717, 1.165) is 5.57 Å². The molecule has 0 saturated carbocycles. The third-order valence-corrected chi connectivity index (χ3v) is 6.79. The van der Waals surface area contributed by atoms with Crippen LogP contribution in [-0.2, 0) is 14.8 Å². The van der Waals surface area contributed by atoms with Crippen molar-refractivity contribution in [1.29, 1.82) is 0 Å². The summed E-state index contributed by atoms with van der Waals surface area (Å²) in [4.78, 5) is 17.2. The predicted molar refractivity (Wildman–Crippen MR) is 116 cm³/mol. The molecule has 1 aliphatic heterocycles. The number of benzene rings is 1. The zero-order valence-electron chi connectivity index (χ0n) is 17.6. The Kier molecular flexibility index (Phi) is 8.61. The smallest absolute Gasteiger partial charge is 0.307 e. The minimum Gasteiger partial charge on any atom is -0.497 e. The van der Waals surface area contributed by atoms with Crippen LogP contribution in [0.2, 0.25) is 0 Å². The molecule has 30 heavy (non-hydrogen) atoms. The maximum Gasteiger partial charge on any atom is 0.307 e. The van der Waals surface area contributed by atoms with Crippen LogP contribution in [0.3, 0.4) is 0 Å². The molecule has 1 atom stereocenters. The van der Waals surface area contributed by atoms with E-state index in [1.807, 2.05) is 24.2 Å². The van der Waals surface area contributed by atoms with Crippen molar-refractivity contribution in [1.82, 2.24) is 9.21 Å². The molecule has 0 amide bonds. The Labute approximate surface area is 178 Å². The summed E-state index contributed by atoms with van der Waals surface area (Å²) in [5, 5.41) is 9.17. The van der Waals surface area contributed by atoms with Crippen LogP contribution in [0.4, 0.5) is 0 Å². The molecule has 1 aromatic carbocycles. The monoisotopic (exact) mass is 435 g/mol. The van der Waals surface area contributed by atoms with E-state index in [0.29, 0.717) is 31.7 Å². The van der Waals surface area contributed by atoms with Gasteiger partial charge in [-0.2, -0.15) is 4.31 Å². The highest BCUT2D eigenvalue weighted by molar-refractivity contribution is 7.89. The zero-order valence-corrected chi connectivity index (χ0v) is 18.4. The first kappa shape index (κ1) is 23.6. The molecule has 0 radical (unpaired) electrons. The van der Waals surface area contributed by atoms with Crippen molar-refractivity contribution in [2.45, 2.75) is 30.2 Å². The molecule has 8 nitrogen and oxygen atoms in total. The third-order valence-electron chi connectivity index (χ3n) is 4.92. The average molecular weight is 436 g/mol. The molecule has 0 aliphatic carbocycles. The Balaban J connectivity index is 2.08. The number of hydrogen-bond donors (Lipinski definition) is 1. The van der Waals surface area contributed by atoms with Gasteiger partial charge in [0.15, 0.2) is 0 Å². The van der Waals surface area contributed by atoms with E-state index in [1.165, 1.54) is 11.4 Å². The number of rotatable bonds is 10. The second-order valence-corrected chi connectivity index (χ2v) is 8.98. The second kappa shape index (κ2) is 10.9. The number of ether oxygens (including phenoxy) is 1. The molecule has 1 N–H and O–H groups in total. The summed E-state index contributed by atoms with van der Waals surface area (Å²) < 4.78 is 32.4. The Bertz CT molecular complexity index is 907. The van der Waals surface area contributed by atoms with Crippen molar-refractivity contribution < 1.29 is 23.1 Å². The molecule has 2 rings (SSSR count). The van der Waals surface area contributed by atoms with Gasteiger partial charge in [0.05, 0.1) is 18.4 Å². The van der Waals surface area contributed by atoms with Gasteiger partial charge in [-0.15, -0.1) is 0 Å². The fourth-order valence-electron chi connectivity index (χ4n) is 3.28. The Morgan fingerprint density at radius 1 is 1.37 bits per heavy atom. The normalized spacial score (nSPS) is 18.4. The number of methoxy groups -OCH3 is 1. The van der Waals surface area contributed by atoms with Gasteiger partial charge in [-0.1, -0.05) is 6.08 Å². The lowest BCUT2D eigenvalue weighted by molar-refractivity contribution is -0.136. The summed E-state index contributed by atoms with van der Waals surface area (Å²) in [6.07, 6.45) is 8.17. The zero-order chi connectivity index (χ0) is 22.1. The van der Waals surface area contributed by atoms with Crippen molar-refractivity contribution in [2.75, 3.05) is 34.3 Å². The molecule has 0 bridgehead atoms. The maximum atomic E-state index is 12.9. The van der Waals surface area contributed by atoms with Gasteiger partial charge in [-0.3, -0.25) is 9.79 Å². The standard InChI is InChI=1S/C21H29N3O5S/c1-22-12-5-4-6-17(14-21(25)26)15-23(2)18-11-13-24(16-18)30(27,28)20-9-7-19(29-3)8-10-20/h4-5,7-10,12,15,18H,6,11,13-14,16H2,1-3H3,(H,25,26)/b5-4-,17-15+,22-12-/t18-/m0/s1. The van der Waals surface area contributed by atoms with Gasteiger partial charge in [0.25, 0.3) is 0 Å². The van der Waals surface area contributed by atoms with Crippen LogP contribution >= 0.6 is 0 Å². The summed E-state index contributed by atoms with van der Waals surface area (Å²) >= 11 is 0. The molecule has 1 saturated heterocycles. The lowest BCUT2D eigenvalue weighted by Gasteiger charge is -2.24. The van der Waals surface area contributed by atoms with Gasteiger partial charge in [-0.25, -0.2) is 8.42 Å². The van der Waals surface area contributed by atoms with Crippen molar-refractivity contribution in [3.8, 4) is 5.75 Å². The highest BCUT2D eigenvalue weighted by Gasteiger charge is 2.33. The van der Waals surface area contributed by atoms with Crippen molar-refractivity contribution >= 4 is 22.2 Å². The number of carboxylic acid groups (broad SMARTS) is 1. The van der Waals surface area contributed by atoms with Crippen molar-refractivity contribution in [3.63, 3.8) is 0 Å². The second-order valence-electron chi connectivity index (χ2n) is 7.04. The van der Waals surface area contributed by atoms with Gasteiger partial charge < -0.3 is 14.7 Å². The first-order chi connectivity index (χ1) is 14.3. The van der Waals surface area contributed by atoms with Crippen LogP contribution < -0.4 is 4.74 Å². The quantitative estimate of drug-likeness (QED) is 0.567. The number of aliphatic carboxylic acids is 1. The molecular formula is C21H29N3O5S. The molecule has 0 spiro atoms. The van der Waals surface area contributed by atoms with Crippen LogP contribution in [-0.4, -0.2) is 75.2 Å². The van der Waals surface area contributed by atoms with Gasteiger partial charge in [0, 0.05) is 39.4 Å². The van der Waals surface area contributed by atoms with E-state index in [-0.39, 0.29) is 17.4 Å². The summed E-state index contributed by atoms with van der Waals surface area (Å²) in [6, 6.07) is 6.32. The summed E-state index contributed by atoms with van der Waals surface area (Å²) in [5.41, 5.74) is 0.738. The number of allylic oxidation sites excluding steroid dienone is 2. The molecule has 0 aromatic heterocycles. The molecule has 1 fully saturated rings. The Hall–Kier alpha value is -2.65. The van der Waals surface area contributed by atoms with E-state index in [1.54, 1.807) is 43.6 Å². The SMILES string of the molecule is C/N=C\C=C/C/C(=C\N(C)[C@H]1CCN(S(=O)(=O)c2ccc(OC)cc2)C1)CC(=O)O. The summed E-state index contributed by atoms with van der Waals surface area (Å²) in [5.74, 6) is -0.300. The number of sulfonamides is 1. The van der Waals surface area contributed by atoms with E-state index >= 15 is 0 Å².